The molecule has 3 rings (SSSR count). The van der Waals surface area contributed by atoms with Crippen molar-refractivity contribution in [2.24, 2.45) is 4.99 Å². The number of fused-ring (bicyclic) bond motifs is 1. The van der Waals surface area contributed by atoms with Gasteiger partial charge in [0.2, 0.25) is 0 Å². The third-order valence-electron chi connectivity index (χ3n) is 4.40. The molecule has 3 heteroatoms. The summed E-state index contributed by atoms with van der Waals surface area (Å²) in [4.78, 5) is 4.69. The summed E-state index contributed by atoms with van der Waals surface area (Å²) in [7, 11) is 0. The Morgan fingerprint density at radius 3 is 2.75 bits per heavy atom. The lowest BCUT2D eigenvalue weighted by Gasteiger charge is -2.19. The molecule has 1 N–H and O–H groups in total. The van der Waals surface area contributed by atoms with Gasteiger partial charge >= 0.3 is 0 Å². The monoisotopic (exact) mass is 323 g/mol. The second-order valence-corrected chi connectivity index (χ2v) is 6.27. The molecule has 1 heterocycles. The molecule has 0 aromatic heterocycles. The fourth-order valence-electron chi connectivity index (χ4n) is 3.07. The molecule has 1 aliphatic heterocycles. The summed E-state index contributed by atoms with van der Waals surface area (Å²) < 4.78 is 5.77. The van der Waals surface area contributed by atoms with Gasteiger partial charge in [0, 0.05) is 24.2 Å². The Kier molecular flexibility index (Phi) is 5.52. The number of phenols is 1. The maximum Gasteiger partial charge on any atom is 0.161 e. The zero-order valence-corrected chi connectivity index (χ0v) is 14.3. The van der Waals surface area contributed by atoms with Crippen molar-refractivity contribution in [2.45, 2.75) is 39.0 Å². The van der Waals surface area contributed by atoms with Gasteiger partial charge in [-0.2, -0.15) is 0 Å². The van der Waals surface area contributed by atoms with Crippen molar-refractivity contribution < 1.29 is 9.84 Å². The average molecular weight is 323 g/mol. The van der Waals surface area contributed by atoms with Crippen LogP contribution in [0.2, 0.25) is 0 Å². The first-order chi connectivity index (χ1) is 11.8. The largest absolute Gasteiger partial charge is 0.504 e. The molecule has 0 atom stereocenters. The lowest BCUT2D eigenvalue weighted by atomic mass is 9.93. The minimum absolute atomic E-state index is 0.216. The van der Waals surface area contributed by atoms with Gasteiger partial charge in [0.25, 0.3) is 0 Å². The van der Waals surface area contributed by atoms with Crippen molar-refractivity contribution in [1.29, 1.82) is 0 Å². The van der Waals surface area contributed by atoms with E-state index in [1.165, 1.54) is 17.5 Å². The van der Waals surface area contributed by atoms with Crippen molar-refractivity contribution in [2.75, 3.05) is 13.2 Å². The smallest absolute Gasteiger partial charge is 0.161 e. The third-order valence-corrected chi connectivity index (χ3v) is 4.40. The summed E-state index contributed by atoms with van der Waals surface area (Å²) in [5, 5.41) is 10.3. The van der Waals surface area contributed by atoms with Crippen molar-refractivity contribution in [3.05, 3.63) is 59.2 Å². The highest BCUT2D eigenvalue weighted by Gasteiger charge is 2.18. The molecule has 0 aliphatic carbocycles. The Morgan fingerprint density at radius 2 is 1.96 bits per heavy atom. The highest BCUT2D eigenvalue weighted by molar-refractivity contribution is 6.04. The van der Waals surface area contributed by atoms with E-state index in [-0.39, 0.29) is 5.75 Å². The summed E-state index contributed by atoms with van der Waals surface area (Å²) >= 11 is 0. The van der Waals surface area contributed by atoms with Crippen LogP contribution in [0.25, 0.3) is 0 Å². The summed E-state index contributed by atoms with van der Waals surface area (Å²) in [5.41, 5.74) is 4.57. The first-order valence-electron chi connectivity index (χ1n) is 8.84. The van der Waals surface area contributed by atoms with E-state index in [1.54, 1.807) is 0 Å². The van der Waals surface area contributed by atoms with E-state index in [0.29, 0.717) is 12.4 Å². The van der Waals surface area contributed by atoms with Crippen molar-refractivity contribution >= 4 is 5.71 Å². The first-order valence-corrected chi connectivity index (χ1v) is 8.84. The van der Waals surface area contributed by atoms with Crippen LogP contribution >= 0.6 is 0 Å². The highest BCUT2D eigenvalue weighted by atomic mass is 16.5. The van der Waals surface area contributed by atoms with Crippen LogP contribution in [0.4, 0.5) is 0 Å². The van der Waals surface area contributed by atoms with Gasteiger partial charge in [-0.3, -0.25) is 4.99 Å². The van der Waals surface area contributed by atoms with Gasteiger partial charge in [-0.25, -0.2) is 0 Å². The third kappa shape index (κ3) is 3.97. The molecule has 24 heavy (non-hydrogen) atoms. The second kappa shape index (κ2) is 8.00. The molecule has 0 saturated heterocycles. The van der Waals surface area contributed by atoms with E-state index in [2.05, 4.69) is 24.0 Å². The van der Waals surface area contributed by atoms with Crippen molar-refractivity contribution in [3.63, 3.8) is 0 Å². The Labute approximate surface area is 144 Å². The lowest BCUT2D eigenvalue weighted by Crippen LogP contribution is -2.15. The topological polar surface area (TPSA) is 41.8 Å². The number of hydrogen-bond acceptors (Lipinski definition) is 3. The van der Waals surface area contributed by atoms with Gasteiger partial charge in [-0.05, 0) is 36.1 Å². The molecule has 0 spiro atoms. The number of phenolic OH excluding ortho intramolecular Hbond substituents is 1. The SMILES string of the molecule is CCCCCOc1cc2c(cc1O)C(Cc1ccccc1)=NCC2. The number of rotatable bonds is 7. The molecule has 2 aromatic rings. The molecule has 1 aliphatic rings. The van der Waals surface area contributed by atoms with Crippen LogP contribution in [-0.2, 0) is 12.8 Å². The average Bonchev–Trinajstić information content (AvgIpc) is 2.60. The summed E-state index contributed by atoms with van der Waals surface area (Å²) in [6.07, 6.45) is 5.04. The molecule has 0 bridgehead atoms. The zero-order valence-electron chi connectivity index (χ0n) is 14.3. The molecule has 126 valence electrons. The number of hydrogen-bond donors (Lipinski definition) is 1. The Morgan fingerprint density at radius 1 is 1.12 bits per heavy atom. The number of aromatic hydroxyl groups is 1. The van der Waals surface area contributed by atoms with E-state index >= 15 is 0 Å². The molecular formula is C21H25NO2. The van der Waals surface area contributed by atoms with Crippen molar-refractivity contribution in [1.82, 2.24) is 0 Å². The van der Waals surface area contributed by atoms with Crippen LogP contribution in [0.5, 0.6) is 11.5 Å². The Balaban J connectivity index is 1.77. The van der Waals surface area contributed by atoms with E-state index in [9.17, 15) is 5.11 Å². The molecule has 0 unspecified atom stereocenters. The molecule has 2 aromatic carbocycles. The lowest BCUT2D eigenvalue weighted by molar-refractivity contribution is 0.290. The fourth-order valence-corrected chi connectivity index (χ4v) is 3.07. The molecule has 0 amide bonds. The predicted octanol–water partition coefficient (Wildman–Crippen LogP) is 4.55. The second-order valence-electron chi connectivity index (χ2n) is 6.27. The molecule has 0 fully saturated rings. The molecule has 0 radical (unpaired) electrons. The number of nitrogens with zero attached hydrogens (tertiary/aromatic N) is 1. The van der Waals surface area contributed by atoms with E-state index in [0.717, 1.165) is 43.5 Å². The Bertz CT molecular complexity index is 707. The standard InChI is InChI=1S/C21H25NO2/c1-2-3-7-12-24-21-14-17-10-11-22-19(18(17)15-20(21)23)13-16-8-5-4-6-9-16/h4-6,8-9,14-15,23H,2-3,7,10-13H2,1H3. The number of ether oxygens (including phenoxy) is 1. The van der Waals surface area contributed by atoms with Crippen LogP contribution in [-0.4, -0.2) is 24.0 Å². The fraction of sp³-hybridized carbons (Fsp3) is 0.381. The van der Waals surface area contributed by atoms with Crippen molar-refractivity contribution in [3.8, 4) is 11.5 Å². The molecule has 3 nitrogen and oxygen atoms in total. The van der Waals surface area contributed by atoms with Gasteiger partial charge in [-0.1, -0.05) is 50.1 Å². The van der Waals surface area contributed by atoms with Crippen LogP contribution in [0.3, 0.4) is 0 Å². The zero-order chi connectivity index (χ0) is 16.8. The number of benzene rings is 2. The summed E-state index contributed by atoms with van der Waals surface area (Å²) in [5.74, 6) is 0.818. The van der Waals surface area contributed by atoms with Crippen LogP contribution < -0.4 is 4.74 Å². The van der Waals surface area contributed by atoms with Gasteiger partial charge in [-0.15, -0.1) is 0 Å². The molecule has 0 saturated carbocycles. The summed E-state index contributed by atoms with van der Waals surface area (Å²) in [6.45, 7) is 3.63. The molecular weight excluding hydrogens is 298 g/mol. The number of aliphatic imine (C=N–C) groups is 1. The van der Waals surface area contributed by atoms with Crippen LogP contribution in [0.1, 0.15) is 42.9 Å². The summed E-state index contributed by atoms with van der Waals surface area (Å²) in [6, 6.07) is 14.2. The van der Waals surface area contributed by atoms with Gasteiger partial charge < -0.3 is 9.84 Å². The minimum Gasteiger partial charge on any atom is -0.504 e. The van der Waals surface area contributed by atoms with E-state index in [4.69, 9.17) is 4.74 Å². The van der Waals surface area contributed by atoms with Crippen LogP contribution in [0.15, 0.2) is 47.5 Å². The minimum atomic E-state index is 0.216. The van der Waals surface area contributed by atoms with E-state index < -0.39 is 0 Å². The quantitative estimate of drug-likeness (QED) is 0.760. The van der Waals surface area contributed by atoms with Gasteiger partial charge in [0.05, 0.1) is 6.61 Å². The van der Waals surface area contributed by atoms with Gasteiger partial charge in [0.15, 0.2) is 11.5 Å². The number of unbranched alkanes of at least 4 members (excludes halogenated alkanes) is 2. The first kappa shape index (κ1) is 16.6. The normalized spacial score (nSPS) is 13.3. The van der Waals surface area contributed by atoms with Crippen LogP contribution in [0, 0.1) is 0 Å². The van der Waals surface area contributed by atoms with E-state index in [1.807, 2.05) is 30.3 Å². The maximum absolute atomic E-state index is 10.3. The Hall–Kier alpha value is -2.29. The van der Waals surface area contributed by atoms with Gasteiger partial charge in [0.1, 0.15) is 0 Å². The predicted molar refractivity (Wildman–Crippen MR) is 98.4 cm³/mol. The highest BCUT2D eigenvalue weighted by Crippen LogP contribution is 2.32. The maximum atomic E-state index is 10.3.